The van der Waals surface area contributed by atoms with Crippen molar-refractivity contribution in [3.05, 3.63) is 29.3 Å². The van der Waals surface area contributed by atoms with Crippen molar-refractivity contribution >= 4 is 5.91 Å². The van der Waals surface area contributed by atoms with Gasteiger partial charge in [-0.15, -0.1) is 0 Å². The lowest BCUT2D eigenvalue weighted by molar-refractivity contribution is -0.128. The fraction of sp³-hybridized carbons (Fsp3) is 0.650. The molecule has 0 radical (unpaired) electrons. The van der Waals surface area contributed by atoms with Gasteiger partial charge in [0.25, 0.3) is 5.91 Å². The quantitative estimate of drug-likeness (QED) is 0.673. The molecular formula is C20H33NO2. The Balaban J connectivity index is 2.55. The number of carbonyl (C=O) groups excluding carboxylic acids is 1. The summed E-state index contributed by atoms with van der Waals surface area (Å²) in [4.78, 5) is 12.4. The van der Waals surface area contributed by atoms with Crippen LogP contribution < -0.4 is 10.1 Å². The number of amides is 1. The van der Waals surface area contributed by atoms with E-state index in [1.54, 1.807) is 0 Å². The first-order valence-corrected chi connectivity index (χ1v) is 9.03. The second kappa shape index (κ2) is 10.3. The highest BCUT2D eigenvalue weighted by Crippen LogP contribution is 2.19. The van der Waals surface area contributed by atoms with Crippen molar-refractivity contribution in [3.63, 3.8) is 0 Å². The molecule has 1 aromatic carbocycles. The van der Waals surface area contributed by atoms with Crippen LogP contribution in [0.3, 0.4) is 0 Å². The minimum absolute atomic E-state index is 0.000626. The van der Waals surface area contributed by atoms with Gasteiger partial charge in [0.1, 0.15) is 5.75 Å². The second-order valence-corrected chi connectivity index (χ2v) is 6.42. The molecule has 0 aliphatic rings. The Labute approximate surface area is 141 Å². The summed E-state index contributed by atoms with van der Waals surface area (Å²) in [7, 11) is 0. The standard InChI is InChI=1S/C20H33NO2/c1-6-9-10-17(7-2)14-21-20(22)19(8-3)23-18-12-11-15(4)16(5)13-18/h11-13,17,19H,6-10,14H2,1-5H3,(H,21,22)/t17-,19-/m0/s1. The first-order valence-electron chi connectivity index (χ1n) is 9.03. The van der Waals surface area contributed by atoms with Gasteiger partial charge in [-0.05, 0) is 55.9 Å². The van der Waals surface area contributed by atoms with E-state index in [-0.39, 0.29) is 5.91 Å². The Kier molecular flexibility index (Phi) is 8.75. The van der Waals surface area contributed by atoms with E-state index in [0.717, 1.165) is 18.7 Å². The lowest BCUT2D eigenvalue weighted by Gasteiger charge is -2.20. The lowest BCUT2D eigenvalue weighted by Crippen LogP contribution is -2.40. The monoisotopic (exact) mass is 319 g/mol. The summed E-state index contributed by atoms with van der Waals surface area (Å²) in [5.41, 5.74) is 2.42. The van der Waals surface area contributed by atoms with Gasteiger partial charge < -0.3 is 10.1 Å². The normalized spacial score (nSPS) is 13.4. The average Bonchev–Trinajstić information content (AvgIpc) is 2.55. The minimum atomic E-state index is -0.416. The molecule has 23 heavy (non-hydrogen) atoms. The summed E-state index contributed by atoms with van der Waals surface area (Å²) in [5, 5.41) is 3.08. The molecule has 0 saturated carbocycles. The number of benzene rings is 1. The number of hydrogen-bond donors (Lipinski definition) is 1. The van der Waals surface area contributed by atoms with Gasteiger partial charge in [0.15, 0.2) is 6.10 Å². The van der Waals surface area contributed by atoms with E-state index in [0.29, 0.717) is 12.3 Å². The molecule has 1 aromatic rings. The van der Waals surface area contributed by atoms with Crippen molar-refractivity contribution in [2.75, 3.05) is 6.54 Å². The third kappa shape index (κ3) is 6.64. The largest absolute Gasteiger partial charge is 0.481 e. The first-order chi connectivity index (χ1) is 11.0. The van der Waals surface area contributed by atoms with E-state index >= 15 is 0 Å². The Morgan fingerprint density at radius 3 is 2.43 bits per heavy atom. The maximum Gasteiger partial charge on any atom is 0.261 e. The van der Waals surface area contributed by atoms with Crippen LogP contribution in [0.4, 0.5) is 0 Å². The fourth-order valence-corrected chi connectivity index (χ4v) is 2.58. The maximum absolute atomic E-state index is 12.4. The van der Waals surface area contributed by atoms with Crippen LogP contribution in [-0.2, 0) is 4.79 Å². The van der Waals surface area contributed by atoms with Gasteiger partial charge in [0, 0.05) is 6.54 Å². The molecule has 0 aromatic heterocycles. The Hall–Kier alpha value is -1.51. The molecule has 0 unspecified atom stereocenters. The summed E-state index contributed by atoms with van der Waals surface area (Å²) in [6.45, 7) is 11.3. The van der Waals surface area contributed by atoms with Gasteiger partial charge in [0.2, 0.25) is 0 Å². The smallest absolute Gasteiger partial charge is 0.261 e. The number of carbonyl (C=O) groups is 1. The molecule has 130 valence electrons. The number of rotatable bonds is 10. The van der Waals surface area contributed by atoms with Crippen LogP contribution in [0, 0.1) is 19.8 Å². The summed E-state index contributed by atoms with van der Waals surface area (Å²) >= 11 is 0. The van der Waals surface area contributed by atoms with E-state index in [1.165, 1.54) is 30.4 Å². The van der Waals surface area contributed by atoms with Crippen molar-refractivity contribution < 1.29 is 9.53 Å². The molecule has 0 fully saturated rings. The predicted molar refractivity (Wildman–Crippen MR) is 96.9 cm³/mol. The molecule has 0 aliphatic heterocycles. The van der Waals surface area contributed by atoms with Crippen LogP contribution in [-0.4, -0.2) is 18.6 Å². The van der Waals surface area contributed by atoms with Crippen molar-refractivity contribution in [3.8, 4) is 5.75 Å². The van der Waals surface area contributed by atoms with Gasteiger partial charge in [-0.25, -0.2) is 0 Å². The van der Waals surface area contributed by atoms with E-state index < -0.39 is 6.10 Å². The molecule has 1 amide bonds. The van der Waals surface area contributed by atoms with Crippen LogP contribution in [0.1, 0.15) is 64.0 Å². The summed E-state index contributed by atoms with van der Waals surface area (Å²) in [6.07, 6.45) is 4.98. The van der Waals surface area contributed by atoms with Crippen molar-refractivity contribution in [2.24, 2.45) is 5.92 Å². The average molecular weight is 319 g/mol. The molecule has 1 N–H and O–H groups in total. The maximum atomic E-state index is 12.4. The van der Waals surface area contributed by atoms with Crippen LogP contribution in [0.15, 0.2) is 18.2 Å². The van der Waals surface area contributed by atoms with Crippen molar-refractivity contribution in [1.29, 1.82) is 0 Å². The summed E-state index contributed by atoms with van der Waals surface area (Å²) in [5.74, 6) is 1.34. The fourth-order valence-electron chi connectivity index (χ4n) is 2.58. The second-order valence-electron chi connectivity index (χ2n) is 6.42. The third-order valence-corrected chi connectivity index (χ3v) is 4.53. The first kappa shape index (κ1) is 19.5. The predicted octanol–water partition coefficient (Wildman–Crippen LogP) is 4.79. The molecule has 0 spiro atoms. The molecule has 3 nitrogen and oxygen atoms in total. The highest BCUT2D eigenvalue weighted by atomic mass is 16.5. The Bertz CT molecular complexity index is 485. The van der Waals surface area contributed by atoms with E-state index in [4.69, 9.17) is 4.74 Å². The van der Waals surface area contributed by atoms with Crippen LogP contribution in [0.25, 0.3) is 0 Å². The lowest BCUT2D eigenvalue weighted by atomic mass is 9.99. The minimum Gasteiger partial charge on any atom is -0.481 e. The van der Waals surface area contributed by atoms with E-state index in [1.807, 2.05) is 25.1 Å². The molecule has 0 heterocycles. The van der Waals surface area contributed by atoms with Gasteiger partial charge in [0.05, 0.1) is 0 Å². The highest BCUT2D eigenvalue weighted by Gasteiger charge is 2.19. The van der Waals surface area contributed by atoms with E-state index in [9.17, 15) is 4.79 Å². The van der Waals surface area contributed by atoms with E-state index in [2.05, 4.69) is 33.0 Å². The van der Waals surface area contributed by atoms with Gasteiger partial charge in [-0.1, -0.05) is 46.1 Å². The van der Waals surface area contributed by atoms with Crippen LogP contribution in [0.2, 0.25) is 0 Å². The number of ether oxygens (including phenoxy) is 1. The van der Waals surface area contributed by atoms with Gasteiger partial charge >= 0.3 is 0 Å². The Morgan fingerprint density at radius 1 is 1.13 bits per heavy atom. The summed E-state index contributed by atoms with van der Waals surface area (Å²) < 4.78 is 5.90. The van der Waals surface area contributed by atoms with Gasteiger partial charge in [-0.3, -0.25) is 4.79 Å². The molecule has 0 bridgehead atoms. The molecule has 1 rings (SSSR count). The van der Waals surface area contributed by atoms with Gasteiger partial charge in [-0.2, -0.15) is 0 Å². The molecule has 0 saturated heterocycles. The van der Waals surface area contributed by atoms with Crippen LogP contribution >= 0.6 is 0 Å². The molecular weight excluding hydrogens is 286 g/mol. The third-order valence-electron chi connectivity index (χ3n) is 4.53. The molecule has 2 atom stereocenters. The Morgan fingerprint density at radius 2 is 1.87 bits per heavy atom. The zero-order chi connectivity index (χ0) is 17.2. The SMILES string of the molecule is CCCC[C@H](CC)CNC(=O)[C@H](CC)Oc1ccc(C)c(C)c1. The van der Waals surface area contributed by atoms with Crippen molar-refractivity contribution in [2.45, 2.75) is 72.8 Å². The zero-order valence-corrected chi connectivity index (χ0v) is 15.4. The highest BCUT2D eigenvalue weighted by molar-refractivity contribution is 5.81. The topological polar surface area (TPSA) is 38.3 Å². The number of aryl methyl sites for hydroxylation is 2. The number of nitrogens with one attached hydrogen (secondary N) is 1. The molecule has 3 heteroatoms. The number of hydrogen-bond acceptors (Lipinski definition) is 2. The number of unbranched alkanes of at least 4 members (excludes halogenated alkanes) is 1. The molecule has 0 aliphatic carbocycles. The van der Waals surface area contributed by atoms with Crippen LogP contribution in [0.5, 0.6) is 5.75 Å². The summed E-state index contributed by atoms with van der Waals surface area (Å²) in [6, 6.07) is 5.98. The zero-order valence-electron chi connectivity index (χ0n) is 15.4. The van der Waals surface area contributed by atoms with Crippen molar-refractivity contribution in [1.82, 2.24) is 5.32 Å².